The van der Waals surface area contributed by atoms with Crippen LogP contribution < -0.4 is 38.9 Å². The van der Waals surface area contributed by atoms with E-state index in [-0.39, 0.29) is 37.2 Å². The predicted molar refractivity (Wildman–Crippen MR) is 134 cm³/mol. The lowest BCUT2D eigenvalue weighted by Crippen LogP contribution is -2.58. The highest BCUT2D eigenvalue weighted by molar-refractivity contribution is 5.94. The largest absolute Gasteiger partial charge is 0.480 e. The summed E-state index contributed by atoms with van der Waals surface area (Å²) in [6, 6.07) is -3.91. The Labute approximate surface area is 207 Å². The highest BCUT2D eigenvalue weighted by Gasteiger charge is 2.31. The summed E-state index contributed by atoms with van der Waals surface area (Å²) in [6.07, 6.45) is 1.83. The van der Waals surface area contributed by atoms with Crippen molar-refractivity contribution >= 4 is 29.7 Å². The molecule has 12 N–H and O–H groups in total. The molecule has 0 spiro atoms. The molecule has 0 aliphatic rings. The molecule has 3 amide bonds. The Morgan fingerprint density at radius 3 is 1.86 bits per heavy atom. The van der Waals surface area contributed by atoms with Gasteiger partial charge in [-0.1, -0.05) is 27.7 Å². The maximum Gasteiger partial charge on any atom is 0.326 e. The molecule has 13 nitrogen and oxygen atoms in total. The maximum atomic E-state index is 13.0. The number of carbonyl (C=O) groups is 4. The number of nitrogens with one attached hydrogen (secondary N) is 3. The first-order valence-corrected chi connectivity index (χ1v) is 12.0. The van der Waals surface area contributed by atoms with Crippen molar-refractivity contribution in [1.29, 1.82) is 0 Å². The Morgan fingerprint density at radius 2 is 1.37 bits per heavy atom. The Bertz CT molecular complexity index is 725. The van der Waals surface area contributed by atoms with E-state index < -0.39 is 47.9 Å². The first-order valence-electron chi connectivity index (χ1n) is 12.0. The van der Waals surface area contributed by atoms with Crippen LogP contribution in [0.25, 0.3) is 0 Å². The van der Waals surface area contributed by atoms with Gasteiger partial charge in [0, 0.05) is 6.54 Å². The number of nitrogens with two attached hydrogens (primary N) is 4. The third-order valence-corrected chi connectivity index (χ3v) is 5.41. The van der Waals surface area contributed by atoms with E-state index in [2.05, 4.69) is 20.9 Å². The second-order valence-corrected chi connectivity index (χ2v) is 9.19. The van der Waals surface area contributed by atoms with Crippen molar-refractivity contribution in [2.45, 2.75) is 84.0 Å². The predicted octanol–water partition coefficient (Wildman–Crippen LogP) is -1.65. The van der Waals surface area contributed by atoms with Crippen LogP contribution in [0.2, 0.25) is 0 Å². The summed E-state index contributed by atoms with van der Waals surface area (Å²) in [7, 11) is 0. The summed E-state index contributed by atoms with van der Waals surface area (Å²) in [5.74, 6) is -3.40. The fraction of sp³-hybridized carbons (Fsp3) is 0.773. The van der Waals surface area contributed by atoms with Crippen LogP contribution in [0.4, 0.5) is 0 Å². The number of rotatable bonds is 17. The van der Waals surface area contributed by atoms with Gasteiger partial charge in [0.05, 0.1) is 6.04 Å². The molecule has 0 radical (unpaired) electrons. The third-order valence-electron chi connectivity index (χ3n) is 5.41. The number of hydrogen-bond acceptors (Lipinski definition) is 7. The lowest BCUT2D eigenvalue weighted by molar-refractivity contribution is -0.142. The van der Waals surface area contributed by atoms with Crippen molar-refractivity contribution in [1.82, 2.24) is 16.0 Å². The first kappa shape index (κ1) is 32.1. The van der Waals surface area contributed by atoms with Crippen molar-refractivity contribution in [2.75, 3.05) is 13.1 Å². The van der Waals surface area contributed by atoms with Gasteiger partial charge in [-0.25, -0.2) is 4.79 Å². The van der Waals surface area contributed by atoms with Crippen LogP contribution in [0.3, 0.4) is 0 Å². The van der Waals surface area contributed by atoms with E-state index >= 15 is 0 Å². The lowest BCUT2D eigenvalue weighted by atomic mass is 9.99. The van der Waals surface area contributed by atoms with E-state index in [1.54, 1.807) is 27.7 Å². The molecule has 0 saturated heterocycles. The zero-order valence-electron chi connectivity index (χ0n) is 21.3. The van der Waals surface area contributed by atoms with Gasteiger partial charge in [0.25, 0.3) is 0 Å². The Balaban J connectivity index is 5.42. The fourth-order valence-electron chi connectivity index (χ4n) is 3.14. The molecule has 35 heavy (non-hydrogen) atoms. The second kappa shape index (κ2) is 16.7. The van der Waals surface area contributed by atoms with Crippen LogP contribution in [-0.2, 0) is 19.2 Å². The van der Waals surface area contributed by atoms with Crippen molar-refractivity contribution < 1.29 is 24.3 Å². The van der Waals surface area contributed by atoms with Crippen molar-refractivity contribution in [3.63, 3.8) is 0 Å². The van der Waals surface area contributed by atoms with Gasteiger partial charge in [-0.2, -0.15) is 0 Å². The maximum absolute atomic E-state index is 13.0. The number of hydrogen-bond donors (Lipinski definition) is 8. The van der Waals surface area contributed by atoms with Crippen LogP contribution in [0.1, 0.15) is 59.8 Å². The van der Waals surface area contributed by atoms with Crippen LogP contribution in [-0.4, -0.2) is 72.0 Å². The zero-order chi connectivity index (χ0) is 27.1. The zero-order valence-corrected chi connectivity index (χ0v) is 21.3. The van der Waals surface area contributed by atoms with E-state index in [9.17, 15) is 24.3 Å². The van der Waals surface area contributed by atoms with Crippen LogP contribution >= 0.6 is 0 Å². The number of carboxylic acid groups (broad SMARTS) is 1. The Hall–Kier alpha value is -2.93. The monoisotopic (exact) mass is 500 g/mol. The van der Waals surface area contributed by atoms with Gasteiger partial charge in [-0.3, -0.25) is 19.4 Å². The third kappa shape index (κ3) is 12.9. The number of carbonyl (C=O) groups excluding carboxylic acids is 3. The average Bonchev–Trinajstić information content (AvgIpc) is 2.77. The molecule has 0 rings (SSSR count). The molecule has 0 aromatic heterocycles. The van der Waals surface area contributed by atoms with E-state index in [0.29, 0.717) is 25.8 Å². The average molecular weight is 501 g/mol. The van der Waals surface area contributed by atoms with Crippen molar-refractivity contribution in [3.8, 4) is 0 Å². The van der Waals surface area contributed by atoms with Crippen LogP contribution in [0.15, 0.2) is 4.99 Å². The molecule has 202 valence electrons. The molecule has 0 fully saturated rings. The number of aliphatic carboxylic acids is 1. The van der Waals surface area contributed by atoms with Gasteiger partial charge in [0.1, 0.15) is 18.1 Å². The number of aliphatic imine (C=N–C) groups is 1. The SMILES string of the molecule is CC(C)C(N)C(=O)NC(C(=O)NC(CCCCN)C(=O)NC(CCCN=C(N)N)C(=O)O)C(C)C. The smallest absolute Gasteiger partial charge is 0.326 e. The van der Waals surface area contributed by atoms with E-state index in [4.69, 9.17) is 22.9 Å². The Kier molecular flexibility index (Phi) is 15.3. The topological polar surface area (TPSA) is 241 Å². The standard InChI is InChI=1S/C22H44N8O5/c1-12(2)16(24)19(32)30-17(13(3)4)20(33)28-14(8-5-6-10-23)18(31)29-15(21(34)35)9-7-11-27-22(25)26/h12-17H,5-11,23-24H2,1-4H3,(H,28,33)(H,29,31)(H,30,32)(H,34,35)(H4,25,26,27). The summed E-state index contributed by atoms with van der Waals surface area (Å²) in [5, 5.41) is 17.3. The molecule has 0 aliphatic heterocycles. The minimum Gasteiger partial charge on any atom is -0.480 e. The van der Waals surface area contributed by atoms with Gasteiger partial charge in [0.2, 0.25) is 17.7 Å². The molecule has 4 unspecified atom stereocenters. The number of unbranched alkanes of at least 4 members (excludes halogenated alkanes) is 1. The summed E-state index contributed by atoms with van der Waals surface area (Å²) in [6.45, 7) is 7.72. The minimum absolute atomic E-state index is 0.0963. The molecule has 0 bridgehead atoms. The molecular weight excluding hydrogens is 456 g/mol. The van der Waals surface area contributed by atoms with Crippen molar-refractivity contribution in [2.24, 2.45) is 39.8 Å². The molecule has 4 atom stereocenters. The molecule has 0 saturated carbocycles. The van der Waals surface area contributed by atoms with Crippen LogP contribution in [0, 0.1) is 11.8 Å². The van der Waals surface area contributed by atoms with Gasteiger partial charge in [-0.05, 0) is 50.5 Å². The summed E-state index contributed by atoms with van der Waals surface area (Å²) < 4.78 is 0. The quantitative estimate of drug-likeness (QED) is 0.0646. The second-order valence-electron chi connectivity index (χ2n) is 9.19. The first-order chi connectivity index (χ1) is 16.3. The van der Waals surface area contributed by atoms with Crippen molar-refractivity contribution in [3.05, 3.63) is 0 Å². The Morgan fingerprint density at radius 1 is 0.800 bits per heavy atom. The van der Waals surface area contributed by atoms with Gasteiger partial charge >= 0.3 is 5.97 Å². The van der Waals surface area contributed by atoms with E-state index in [0.717, 1.165) is 0 Å². The number of nitrogens with zero attached hydrogens (tertiary/aromatic N) is 1. The molecule has 13 heteroatoms. The molecular formula is C22H44N8O5. The summed E-state index contributed by atoms with van der Waals surface area (Å²) in [4.78, 5) is 53.8. The fourth-order valence-corrected chi connectivity index (χ4v) is 3.14. The minimum atomic E-state index is -1.22. The highest BCUT2D eigenvalue weighted by atomic mass is 16.4. The number of guanidine groups is 1. The number of amides is 3. The van der Waals surface area contributed by atoms with E-state index in [1.165, 1.54) is 0 Å². The van der Waals surface area contributed by atoms with Crippen LogP contribution in [0.5, 0.6) is 0 Å². The summed E-state index contributed by atoms with van der Waals surface area (Å²) >= 11 is 0. The number of carboxylic acids is 1. The molecule has 0 aliphatic carbocycles. The lowest BCUT2D eigenvalue weighted by Gasteiger charge is -2.27. The highest BCUT2D eigenvalue weighted by Crippen LogP contribution is 2.08. The molecule has 0 heterocycles. The molecule has 0 aromatic carbocycles. The normalized spacial score (nSPS) is 14.5. The van der Waals surface area contributed by atoms with Gasteiger partial charge in [-0.15, -0.1) is 0 Å². The summed E-state index contributed by atoms with van der Waals surface area (Å²) in [5.41, 5.74) is 22.0. The molecule has 0 aromatic rings. The van der Waals surface area contributed by atoms with E-state index in [1.807, 2.05) is 0 Å². The van der Waals surface area contributed by atoms with Gasteiger partial charge in [0.15, 0.2) is 5.96 Å². The van der Waals surface area contributed by atoms with Gasteiger partial charge < -0.3 is 44.0 Å².